The maximum atomic E-state index is 10.2. The first-order chi connectivity index (χ1) is 3.18. The van der Waals surface area contributed by atoms with Gasteiger partial charge in [0.1, 0.15) is 0 Å². The SMILES string of the molecule is CC(S)C(=O)OP.[NaH]. The van der Waals surface area contributed by atoms with Crippen molar-refractivity contribution in [3.8, 4) is 0 Å². The summed E-state index contributed by atoms with van der Waals surface area (Å²) in [5.41, 5.74) is 0. The molecule has 0 spiro atoms. The van der Waals surface area contributed by atoms with E-state index in [4.69, 9.17) is 0 Å². The van der Waals surface area contributed by atoms with Crippen LogP contribution in [0, 0.1) is 0 Å². The molecule has 2 atom stereocenters. The fourth-order valence-electron chi connectivity index (χ4n) is 0.0985. The van der Waals surface area contributed by atoms with E-state index < -0.39 is 0 Å². The minimum atomic E-state index is -0.326. The number of rotatable bonds is 1. The minimum absolute atomic E-state index is 0. The van der Waals surface area contributed by atoms with Crippen molar-refractivity contribution >= 4 is 57.6 Å². The van der Waals surface area contributed by atoms with Gasteiger partial charge in [0, 0.05) is 0 Å². The molecular weight excluding hydrogens is 154 g/mol. The molecular formula is C3H8NaO2PS. The van der Waals surface area contributed by atoms with Gasteiger partial charge in [0.25, 0.3) is 0 Å². The summed E-state index contributed by atoms with van der Waals surface area (Å²) in [7, 11) is 1.86. The molecule has 0 aromatic heterocycles. The predicted octanol–water partition coefficient (Wildman–Crippen LogP) is -0.0105. The Hall–Kier alpha value is 1.25. The molecule has 0 saturated heterocycles. The van der Waals surface area contributed by atoms with Crippen molar-refractivity contribution in [1.29, 1.82) is 0 Å². The van der Waals surface area contributed by atoms with Crippen molar-refractivity contribution in [2.45, 2.75) is 12.2 Å². The van der Waals surface area contributed by atoms with E-state index in [0.717, 1.165) is 0 Å². The Morgan fingerprint density at radius 1 is 1.88 bits per heavy atom. The molecule has 0 bridgehead atoms. The van der Waals surface area contributed by atoms with Crippen LogP contribution in [-0.2, 0) is 9.32 Å². The molecule has 0 fully saturated rings. The van der Waals surface area contributed by atoms with E-state index in [1.165, 1.54) is 0 Å². The van der Waals surface area contributed by atoms with Crippen molar-refractivity contribution in [2.24, 2.45) is 0 Å². The first kappa shape index (κ1) is 12.0. The maximum absolute atomic E-state index is 10.2. The van der Waals surface area contributed by atoms with E-state index in [1.807, 2.05) is 9.47 Å². The standard InChI is InChI=1S/C3H7O2PS.Na.H/c1-2(7)3(4)5-6;;/h2,7H,6H2,1H3;;. The summed E-state index contributed by atoms with van der Waals surface area (Å²) in [6, 6.07) is 0. The quantitative estimate of drug-likeness (QED) is 0.333. The molecule has 0 saturated carbocycles. The molecule has 0 aliphatic carbocycles. The van der Waals surface area contributed by atoms with E-state index in [9.17, 15) is 4.79 Å². The molecule has 0 aromatic carbocycles. The summed E-state index contributed by atoms with van der Waals surface area (Å²) in [5, 5.41) is -0.322. The monoisotopic (exact) mass is 162 g/mol. The van der Waals surface area contributed by atoms with Crippen LogP contribution >= 0.6 is 22.1 Å². The van der Waals surface area contributed by atoms with Crippen molar-refractivity contribution in [1.82, 2.24) is 0 Å². The van der Waals surface area contributed by atoms with Gasteiger partial charge in [-0.25, -0.2) is 0 Å². The van der Waals surface area contributed by atoms with Crippen molar-refractivity contribution in [3.63, 3.8) is 0 Å². The van der Waals surface area contributed by atoms with Crippen LogP contribution in [0.1, 0.15) is 6.92 Å². The number of thiol groups is 1. The van der Waals surface area contributed by atoms with Crippen LogP contribution in [0.25, 0.3) is 0 Å². The van der Waals surface area contributed by atoms with Crippen molar-refractivity contribution < 1.29 is 9.32 Å². The van der Waals surface area contributed by atoms with Gasteiger partial charge in [-0.05, 0) is 6.92 Å². The van der Waals surface area contributed by atoms with Gasteiger partial charge in [0.2, 0.25) is 0 Å². The van der Waals surface area contributed by atoms with E-state index in [2.05, 4.69) is 17.2 Å². The zero-order valence-electron chi connectivity index (χ0n) is 3.92. The van der Waals surface area contributed by atoms with Crippen molar-refractivity contribution in [2.75, 3.05) is 0 Å². The van der Waals surface area contributed by atoms with Gasteiger partial charge in [-0.2, -0.15) is 12.6 Å². The Kier molecular flexibility index (Phi) is 9.54. The summed E-state index contributed by atoms with van der Waals surface area (Å²) >= 11 is 3.79. The van der Waals surface area contributed by atoms with Gasteiger partial charge >= 0.3 is 35.5 Å². The summed E-state index contributed by atoms with van der Waals surface area (Å²) in [6.45, 7) is 1.65. The zero-order chi connectivity index (χ0) is 5.86. The first-order valence-electron chi connectivity index (χ1n) is 1.77. The van der Waals surface area contributed by atoms with Crippen LogP contribution < -0.4 is 0 Å². The molecule has 44 valence electrons. The Labute approximate surface area is 78.7 Å². The van der Waals surface area contributed by atoms with Gasteiger partial charge in [0.05, 0.1) is 14.7 Å². The molecule has 0 N–H and O–H groups in total. The number of hydrogen-bond donors (Lipinski definition) is 1. The number of hydrogen-bond acceptors (Lipinski definition) is 3. The number of carbonyl (C=O) groups is 1. The number of carbonyl (C=O) groups excluding carboxylic acids is 1. The van der Waals surface area contributed by atoms with E-state index in [-0.39, 0.29) is 40.8 Å². The van der Waals surface area contributed by atoms with Gasteiger partial charge < -0.3 is 4.52 Å². The van der Waals surface area contributed by atoms with Crippen molar-refractivity contribution in [3.05, 3.63) is 0 Å². The fourth-order valence-corrected chi connectivity index (χ4v) is 0.478. The van der Waals surface area contributed by atoms with Gasteiger partial charge in [-0.15, -0.1) is 0 Å². The Morgan fingerprint density at radius 3 is 2.25 bits per heavy atom. The zero-order valence-corrected chi connectivity index (χ0v) is 5.97. The summed E-state index contributed by atoms with van der Waals surface area (Å²) in [6.07, 6.45) is 0. The van der Waals surface area contributed by atoms with Crippen LogP contribution in [-0.4, -0.2) is 40.8 Å². The van der Waals surface area contributed by atoms with Gasteiger partial charge in [-0.1, -0.05) is 0 Å². The van der Waals surface area contributed by atoms with Gasteiger partial charge in [0.15, 0.2) is 0 Å². The molecule has 2 nitrogen and oxygen atoms in total. The van der Waals surface area contributed by atoms with Crippen LogP contribution in [0.15, 0.2) is 0 Å². The fraction of sp³-hybridized carbons (Fsp3) is 0.667. The van der Waals surface area contributed by atoms with E-state index in [0.29, 0.717) is 0 Å². The Bertz CT molecular complexity index is 77.7. The second kappa shape index (κ2) is 6.37. The molecule has 0 heterocycles. The molecule has 2 unspecified atom stereocenters. The second-order valence-electron chi connectivity index (χ2n) is 1.11. The molecule has 0 aromatic rings. The second-order valence-corrected chi connectivity index (χ2v) is 2.12. The molecule has 0 rings (SSSR count). The normalized spacial score (nSPS) is 11.4. The van der Waals surface area contributed by atoms with Crippen LogP contribution in [0.3, 0.4) is 0 Å². The summed E-state index contributed by atoms with van der Waals surface area (Å²) < 4.78 is 4.21. The van der Waals surface area contributed by atoms with Gasteiger partial charge in [-0.3, -0.25) is 4.79 Å². The van der Waals surface area contributed by atoms with Crippen LogP contribution in [0.4, 0.5) is 0 Å². The summed E-state index contributed by atoms with van der Waals surface area (Å²) in [5.74, 6) is -0.326. The predicted molar refractivity (Wildman–Crippen MR) is 41.4 cm³/mol. The average Bonchev–Trinajstić information content (AvgIpc) is 1.65. The molecule has 0 amide bonds. The Balaban J connectivity index is 0. The third-order valence-electron chi connectivity index (χ3n) is 0.457. The molecule has 5 heteroatoms. The molecule has 8 heavy (non-hydrogen) atoms. The van der Waals surface area contributed by atoms with Crippen LogP contribution in [0.5, 0.6) is 0 Å². The molecule has 0 aliphatic heterocycles. The molecule has 0 aliphatic rings. The molecule has 0 radical (unpaired) electrons. The van der Waals surface area contributed by atoms with E-state index >= 15 is 0 Å². The summed E-state index contributed by atoms with van der Waals surface area (Å²) in [4.78, 5) is 10.2. The van der Waals surface area contributed by atoms with E-state index in [1.54, 1.807) is 6.92 Å². The Morgan fingerprint density at radius 2 is 2.25 bits per heavy atom. The average molecular weight is 162 g/mol. The topological polar surface area (TPSA) is 26.3 Å². The third kappa shape index (κ3) is 5.39. The van der Waals surface area contributed by atoms with Crippen LogP contribution in [0.2, 0.25) is 0 Å². The first-order valence-corrected chi connectivity index (χ1v) is 2.76. The third-order valence-corrected chi connectivity index (χ3v) is 0.900.